The molecule has 0 bridgehead atoms. The second kappa shape index (κ2) is 5.40. The predicted molar refractivity (Wildman–Crippen MR) is 67.3 cm³/mol. The molecule has 2 rings (SSSR count). The number of hydrogen-bond donors (Lipinski definition) is 0. The van der Waals surface area contributed by atoms with Gasteiger partial charge in [0.25, 0.3) is 0 Å². The van der Waals surface area contributed by atoms with Crippen molar-refractivity contribution in [2.45, 2.75) is 6.54 Å². The summed E-state index contributed by atoms with van der Waals surface area (Å²) in [6.45, 7) is 0.326. The molecule has 2 aromatic rings. The van der Waals surface area contributed by atoms with Gasteiger partial charge in [-0.3, -0.25) is 4.68 Å². The average Bonchev–Trinajstić information content (AvgIpc) is 2.77. The zero-order valence-corrected chi connectivity index (χ0v) is 9.64. The van der Waals surface area contributed by atoms with Crippen molar-refractivity contribution in [1.29, 1.82) is 0 Å². The Balaban J connectivity index is 2.14. The van der Waals surface area contributed by atoms with Crippen LogP contribution in [-0.4, -0.2) is 26.3 Å². The van der Waals surface area contributed by atoms with Crippen LogP contribution in [0.25, 0.3) is 0 Å². The molecule has 0 atom stereocenters. The van der Waals surface area contributed by atoms with E-state index in [1.165, 1.54) is 17.8 Å². The molecule has 0 aliphatic carbocycles. The normalized spacial score (nSPS) is 10.9. The molecule has 0 aliphatic heterocycles. The van der Waals surface area contributed by atoms with E-state index in [4.69, 9.17) is 0 Å². The van der Waals surface area contributed by atoms with E-state index in [1.807, 2.05) is 0 Å². The number of hydrogen-bond acceptors (Lipinski definition) is 4. The molecule has 2 aromatic heterocycles. The van der Waals surface area contributed by atoms with Crippen LogP contribution in [-0.2, 0) is 6.54 Å². The van der Waals surface area contributed by atoms with Gasteiger partial charge in [0.1, 0.15) is 0 Å². The summed E-state index contributed by atoms with van der Waals surface area (Å²) in [5.41, 5.74) is 0.487. The van der Waals surface area contributed by atoms with Crippen LogP contribution in [0.15, 0.2) is 35.6 Å². The SMILES string of the molecule is Fc1ncccc1Cn1ccc(N=CC=S)n1. The average molecular weight is 248 g/mol. The lowest BCUT2D eigenvalue weighted by atomic mass is 10.3. The summed E-state index contributed by atoms with van der Waals surface area (Å²) in [7, 11) is 0. The summed E-state index contributed by atoms with van der Waals surface area (Å²) >= 11 is 4.61. The minimum atomic E-state index is -0.480. The first kappa shape index (κ1) is 11.5. The van der Waals surface area contributed by atoms with Gasteiger partial charge >= 0.3 is 0 Å². The zero-order chi connectivity index (χ0) is 12.1. The van der Waals surface area contributed by atoms with Crippen molar-refractivity contribution in [2.75, 3.05) is 0 Å². The molecule has 0 saturated heterocycles. The number of thiocarbonyl (C=S) groups is 1. The van der Waals surface area contributed by atoms with Gasteiger partial charge in [-0.15, -0.1) is 0 Å². The Morgan fingerprint density at radius 3 is 3.12 bits per heavy atom. The molecule has 0 radical (unpaired) electrons. The van der Waals surface area contributed by atoms with E-state index in [-0.39, 0.29) is 0 Å². The van der Waals surface area contributed by atoms with Crippen molar-refractivity contribution in [3.8, 4) is 0 Å². The summed E-state index contributed by atoms with van der Waals surface area (Å²) < 4.78 is 14.9. The van der Waals surface area contributed by atoms with Gasteiger partial charge in [0.15, 0.2) is 5.82 Å². The van der Waals surface area contributed by atoms with Crippen molar-refractivity contribution in [3.05, 3.63) is 42.1 Å². The molecule has 2 heterocycles. The maximum absolute atomic E-state index is 13.3. The summed E-state index contributed by atoms with van der Waals surface area (Å²) in [6, 6.07) is 5.08. The first-order chi connectivity index (χ1) is 8.29. The van der Waals surface area contributed by atoms with Crippen LogP contribution in [0.2, 0.25) is 0 Å². The van der Waals surface area contributed by atoms with E-state index in [0.717, 1.165) is 0 Å². The molecular formula is C11H9FN4S. The molecule has 4 nitrogen and oxygen atoms in total. The Hall–Kier alpha value is -1.95. The highest BCUT2D eigenvalue weighted by Gasteiger charge is 2.03. The minimum absolute atomic E-state index is 0.326. The topological polar surface area (TPSA) is 43.1 Å². The molecule has 0 unspecified atom stereocenters. The smallest absolute Gasteiger partial charge is 0.217 e. The lowest BCUT2D eigenvalue weighted by Gasteiger charge is -2.01. The molecule has 0 amide bonds. The van der Waals surface area contributed by atoms with Crippen molar-refractivity contribution < 1.29 is 4.39 Å². The minimum Gasteiger partial charge on any atom is -0.266 e. The third-order valence-corrected chi connectivity index (χ3v) is 2.18. The molecule has 0 aromatic carbocycles. The molecule has 0 aliphatic rings. The van der Waals surface area contributed by atoms with Crippen molar-refractivity contribution in [2.24, 2.45) is 4.99 Å². The van der Waals surface area contributed by atoms with E-state index in [9.17, 15) is 4.39 Å². The van der Waals surface area contributed by atoms with Gasteiger partial charge in [-0.25, -0.2) is 9.98 Å². The fourth-order valence-corrected chi connectivity index (χ4v) is 1.39. The van der Waals surface area contributed by atoms with Gasteiger partial charge in [-0.2, -0.15) is 9.49 Å². The summed E-state index contributed by atoms with van der Waals surface area (Å²) in [6.07, 6.45) is 4.62. The standard InChI is InChI=1S/C11H9FN4S/c12-11-9(2-1-4-14-11)8-16-6-3-10(15-16)13-5-7-17/h1-7H,8H2. The van der Waals surface area contributed by atoms with Crippen LogP contribution in [0.4, 0.5) is 10.2 Å². The second-order valence-corrected chi connectivity index (χ2v) is 3.51. The maximum atomic E-state index is 13.3. The van der Waals surface area contributed by atoms with Gasteiger partial charge < -0.3 is 0 Å². The Bertz CT molecular complexity index is 550. The van der Waals surface area contributed by atoms with Gasteiger partial charge in [0, 0.05) is 35.6 Å². The largest absolute Gasteiger partial charge is 0.266 e. The Morgan fingerprint density at radius 1 is 1.47 bits per heavy atom. The summed E-state index contributed by atoms with van der Waals surface area (Å²) in [5, 5.41) is 5.54. The monoisotopic (exact) mass is 248 g/mol. The fourth-order valence-electron chi connectivity index (χ4n) is 1.33. The Labute approximate surface area is 103 Å². The molecule has 6 heteroatoms. The molecule has 0 fully saturated rings. The fraction of sp³-hybridized carbons (Fsp3) is 0.0909. The van der Waals surface area contributed by atoms with E-state index < -0.39 is 5.95 Å². The third kappa shape index (κ3) is 3.01. The number of aliphatic imine (C=N–C) groups is 1. The van der Waals surface area contributed by atoms with E-state index in [0.29, 0.717) is 17.9 Å². The number of rotatable bonds is 4. The van der Waals surface area contributed by atoms with Crippen molar-refractivity contribution >= 4 is 29.6 Å². The van der Waals surface area contributed by atoms with Crippen LogP contribution in [0, 0.1) is 5.95 Å². The molecule has 0 saturated carbocycles. The first-order valence-electron chi connectivity index (χ1n) is 4.90. The summed E-state index contributed by atoms with van der Waals surface area (Å²) in [5.74, 6) is 0.0577. The van der Waals surface area contributed by atoms with Gasteiger partial charge in [0.05, 0.1) is 6.54 Å². The lowest BCUT2D eigenvalue weighted by Crippen LogP contribution is -2.03. The number of halogens is 1. The molecule has 86 valence electrons. The highest BCUT2D eigenvalue weighted by molar-refractivity contribution is 7.80. The summed E-state index contributed by atoms with van der Waals surface area (Å²) in [4.78, 5) is 7.56. The van der Waals surface area contributed by atoms with E-state index >= 15 is 0 Å². The molecule has 0 spiro atoms. The quantitative estimate of drug-likeness (QED) is 0.473. The van der Waals surface area contributed by atoms with Crippen LogP contribution in [0.5, 0.6) is 0 Å². The first-order valence-corrected chi connectivity index (χ1v) is 5.37. The third-order valence-electron chi connectivity index (χ3n) is 2.06. The number of nitrogens with zero attached hydrogens (tertiary/aromatic N) is 4. The van der Waals surface area contributed by atoms with Crippen molar-refractivity contribution in [1.82, 2.24) is 14.8 Å². The van der Waals surface area contributed by atoms with Gasteiger partial charge in [-0.05, 0) is 6.07 Å². The predicted octanol–water partition coefficient (Wildman–Crippen LogP) is 2.17. The second-order valence-electron chi connectivity index (χ2n) is 3.24. The number of pyridine rings is 1. The molecule has 17 heavy (non-hydrogen) atoms. The molecular weight excluding hydrogens is 239 g/mol. The van der Waals surface area contributed by atoms with E-state index in [2.05, 4.69) is 27.3 Å². The Kier molecular flexibility index (Phi) is 3.66. The zero-order valence-electron chi connectivity index (χ0n) is 8.82. The lowest BCUT2D eigenvalue weighted by molar-refractivity contribution is 0.549. The number of aromatic nitrogens is 3. The molecule has 0 N–H and O–H groups in total. The van der Waals surface area contributed by atoms with Crippen LogP contribution in [0.3, 0.4) is 0 Å². The Morgan fingerprint density at radius 2 is 2.35 bits per heavy atom. The van der Waals surface area contributed by atoms with Crippen LogP contribution < -0.4 is 0 Å². The highest BCUT2D eigenvalue weighted by atomic mass is 32.1. The van der Waals surface area contributed by atoms with Gasteiger partial charge in [0.2, 0.25) is 5.95 Å². The van der Waals surface area contributed by atoms with Crippen LogP contribution >= 0.6 is 12.2 Å². The van der Waals surface area contributed by atoms with Crippen molar-refractivity contribution in [3.63, 3.8) is 0 Å². The van der Waals surface area contributed by atoms with Gasteiger partial charge in [-0.1, -0.05) is 18.3 Å². The van der Waals surface area contributed by atoms with E-state index in [1.54, 1.807) is 29.1 Å². The highest BCUT2D eigenvalue weighted by Crippen LogP contribution is 2.09. The maximum Gasteiger partial charge on any atom is 0.217 e. The van der Waals surface area contributed by atoms with Crippen LogP contribution in [0.1, 0.15) is 5.56 Å².